The lowest BCUT2D eigenvalue weighted by molar-refractivity contribution is 0.394. The van der Waals surface area contributed by atoms with Gasteiger partial charge in [-0.2, -0.15) is 0 Å². The Labute approximate surface area is 92.7 Å². The van der Waals surface area contributed by atoms with Crippen LogP contribution >= 0.6 is 0 Å². The summed E-state index contributed by atoms with van der Waals surface area (Å²) >= 11 is 0. The zero-order chi connectivity index (χ0) is 11.3. The van der Waals surface area contributed by atoms with Gasteiger partial charge in [0, 0.05) is 29.4 Å². The van der Waals surface area contributed by atoms with Gasteiger partial charge in [0.05, 0.1) is 7.11 Å². The van der Waals surface area contributed by atoms with Gasteiger partial charge in [0.2, 0.25) is 0 Å². The molecule has 0 N–H and O–H groups in total. The van der Waals surface area contributed by atoms with Crippen LogP contribution in [0.15, 0.2) is 12.3 Å². The van der Waals surface area contributed by atoms with Gasteiger partial charge in [-0.1, -0.05) is 20.3 Å². The van der Waals surface area contributed by atoms with E-state index in [1.807, 2.05) is 27.0 Å². The zero-order valence-corrected chi connectivity index (χ0v) is 10.2. The maximum Gasteiger partial charge on any atom is 0.125 e. The first-order chi connectivity index (χ1) is 7.31. The number of ether oxygens (including phenoxy) is 1. The average molecular weight is 207 g/mol. The van der Waals surface area contributed by atoms with Crippen molar-refractivity contribution in [2.45, 2.75) is 46.0 Å². The highest BCUT2D eigenvalue weighted by molar-refractivity contribution is 5.33. The quantitative estimate of drug-likeness (QED) is 0.737. The van der Waals surface area contributed by atoms with Crippen LogP contribution in [0.1, 0.15) is 50.3 Å². The molecule has 0 amide bonds. The van der Waals surface area contributed by atoms with Gasteiger partial charge in [0.1, 0.15) is 5.75 Å². The fourth-order valence-corrected chi connectivity index (χ4v) is 1.67. The molecule has 1 fully saturated rings. The Balaban J connectivity index is 0.000000531. The van der Waals surface area contributed by atoms with Crippen LogP contribution in [0, 0.1) is 6.92 Å². The molecule has 84 valence electrons. The zero-order valence-electron chi connectivity index (χ0n) is 10.2. The van der Waals surface area contributed by atoms with E-state index >= 15 is 0 Å². The Kier molecular flexibility index (Phi) is 4.60. The monoisotopic (exact) mass is 207 g/mol. The Morgan fingerprint density at radius 2 is 2.00 bits per heavy atom. The molecule has 0 bridgehead atoms. The van der Waals surface area contributed by atoms with E-state index in [9.17, 15) is 0 Å². The molecule has 1 aliphatic carbocycles. The maximum atomic E-state index is 5.26. The lowest BCUT2D eigenvalue weighted by Gasteiger charge is -2.25. The van der Waals surface area contributed by atoms with Crippen molar-refractivity contribution in [3.8, 4) is 5.75 Å². The largest absolute Gasteiger partial charge is 0.496 e. The smallest absolute Gasteiger partial charge is 0.125 e. The van der Waals surface area contributed by atoms with E-state index in [4.69, 9.17) is 4.74 Å². The summed E-state index contributed by atoms with van der Waals surface area (Å²) < 4.78 is 5.26. The Bertz CT molecular complexity index is 305. The highest BCUT2D eigenvalue weighted by Crippen LogP contribution is 2.36. The molecule has 1 aromatic rings. The summed E-state index contributed by atoms with van der Waals surface area (Å²) in [6, 6.07) is 2.08. The predicted octanol–water partition coefficient (Wildman–Crippen LogP) is 3.69. The second kappa shape index (κ2) is 5.74. The van der Waals surface area contributed by atoms with Crippen molar-refractivity contribution < 1.29 is 4.74 Å². The summed E-state index contributed by atoms with van der Waals surface area (Å²) in [7, 11) is 1.72. The standard InChI is InChI=1S/C11H15NO.C2H6/c1-8-7-12-10(6-11(8)13-2)9-4-3-5-9;1-2/h6-7,9H,3-5H2,1-2H3;1-2H3. The molecule has 1 saturated carbocycles. The van der Waals surface area contributed by atoms with E-state index in [1.165, 1.54) is 25.0 Å². The number of aryl methyl sites for hydroxylation is 1. The van der Waals surface area contributed by atoms with Crippen molar-refractivity contribution in [3.05, 3.63) is 23.5 Å². The molecule has 2 heteroatoms. The second-order valence-electron chi connectivity index (χ2n) is 3.71. The summed E-state index contributed by atoms with van der Waals surface area (Å²) in [5.41, 5.74) is 2.32. The predicted molar refractivity (Wildman–Crippen MR) is 63.5 cm³/mol. The number of nitrogens with zero attached hydrogens (tertiary/aromatic N) is 1. The Morgan fingerprint density at radius 1 is 1.33 bits per heavy atom. The summed E-state index contributed by atoms with van der Waals surface area (Å²) in [6.45, 7) is 6.02. The molecule has 1 aromatic heterocycles. The highest BCUT2D eigenvalue weighted by atomic mass is 16.5. The number of aromatic nitrogens is 1. The molecule has 1 aliphatic rings. The molecule has 0 unspecified atom stereocenters. The van der Waals surface area contributed by atoms with E-state index in [1.54, 1.807) is 7.11 Å². The van der Waals surface area contributed by atoms with Crippen LogP contribution in [0.2, 0.25) is 0 Å². The second-order valence-corrected chi connectivity index (χ2v) is 3.71. The van der Waals surface area contributed by atoms with Gasteiger partial charge in [-0.15, -0.1) is 0 Å². The molecule has 0 aliphatic heterocycles. The van der Waals surface area contributed by atoms with Crippen LogP contribution in [0.3, 0.4) is 0 Å². The lowest BCUT2D eigenvalue weighted by Crippen LogP contribution is -2.10. The summed E-state index contributed by atoms with van der Waals surface area (Å²) in [5.74, 6) is 1.66. The molecule has 0 aromatic carbocycles. The molecular formula is C13H21NO. The SMILES string of the molecule is CC.COc1cc(C2CCC2)ncc1C. The maximum absolute atomic E-state index is 5.26. The number of rotatable bonds is 2. The number of pyridine rings is 1. The van der Waals surface area contributed by atoms with Gasteiger partial charge >= 0.3 is 0 Å². The molecule has 1 heterocycles. The summed E-state index contributed by atoms with van der Waals surface area (Å²) in [5, 5.41) is 0. The van der Waals surface area contributed by atoms with E-state index in [0.29, 0.717) is 5.92 Å². The van der Waals surface area contributed by atoms with Crippen LogP contribution in [-0.4, -0.2) is 12.1 Å². The summed E-state index contributed by atoms with van der Waals surface area (Å²) in [6.07, 6.45) is 5.84. The van der Waals surface area contributed by atoms with Crippen LogP contribution < -0.4 is 4.74 Å². The first-order valence-corrected chi connectivity index (χ1v) is 5.82. The van der Waals surface area contributed by atoms with Crippen LogP contribution in [0.25, 0.3) is 0 Å². The number of hydrogen-bond donors (Lipinski definition) is 0. The van der Waals surface area contributed by atoms with E-state index in [0.717, 1.165) is 11.3 Å². The molecule has 0 spiro atoms. The van der Waals surface area contributed by atoms with Crippen molar-refractivity contribution in [1.29, 1.82) is 0 Å². The molecular weight excluding hydrogens is 186 g/mol. The minimum Gasteiger partial charge on any atom is -0.496 e. The van der Waals surface area contributed by atoms with Crippen LogP contribution in [0.4, 0.5) is 0 Å². The molecule has 2 rings (SSSR count). The normalized spacial score (nSPS) is 14.9. The van der Waals surface area contributed by atoms with Gasteiger partial charge in [0.25, 0.3) is 0 Å². The van der Waals surface area contributed by atoms with E-state index in [2.05, 4.69) is 11.1 Å². The third kappa shape index (κ3) is 2.71. The Hall–Kier alpha value is -1.05. The topological polar surface area (TPSA) is 22.1 Å². The highest BCUT2D eigenvalue weighted by Gasteiger charge is 2.21. The third-order valence-electron chi connectivity index (χ3n) is 2.82. The van der Waals surface area contributed by atoms with Crippen molar-refractivity contribution in [2.75, 3.05) is 7.11 Å². The van der Waals surface area contributed by atoms with Gasteiger partial charge in [0.15, 0.2) is 0 Å². The van der Waals surface area contributed by atoms with Crippen LogP contribution in [0.5, 0.6) is 5.75 Å². The van der Waals surface area contributed by atoms with E-state index < -0.39 is 0 Å². The fraction of sp³-hybridized carbons (Fsp3) is 0.615. The van der Waals surface area contributed by atoms with Crippen molar-refractivity contribution in [3.63, 3.8) is 0 Å². The fourth-order valence-electron chi connectivity index (χ4n) is 1.67. The first kappa shape index (κ1) is 12.0. The van der Waals surface area contributed by atoms with Crippen molar-refractivity contribution in [2.24, 2.45) is 0 Å². The van der Waals surface area contributed by atoms with Gasteiger partial charge in [-0.25, -0.2) is 0 Å². The number of methoxy groups -OCH3 is 1. The number of hydrogen-bond acceptors (Lipinski definition) is 2. The van der Waals surface area contributed by atoms with Gasteiger partial charge in [-0.05, 0) is 19.8 Å². The molecule has 0 radical (unpaired) electrons. The van der Waals surface area contributed by atoms with Gasteiger partial charge in [-0.3, -0.25) is 4.98 Å². The molecule has 0 atom stereocenters. The molecule has 15 heavy (non-hydrogen) atoms. The van der Waals surface area contributed by atoms with Crippen molar-refractivity contribution in [1.82, 2.24) is 4.98 Å². The van der Waals surface area contributed by atoms with E-state index in [-0.39, 0.29) is 0 Å². The Morgan fingerprint density at radius 3 is 2.47 bits per heavy atom. The minimum atomic E-state index is 0.689. The summed E-state index contributed by atoms with van der Waals surface area (Å²) in [4.78, 5) is 4.43. The molecule has 2 nitrogen and oxygen atoms in total. The first-order valence-electron chi connectivity index (χ1n) is 5.82. The van der Waals surface area contributed by atoms with Crippen LogP contribution in [-0.2, 0) is 0 Å². The van der Waals surface area contributed by atoms with Gasteiger partial charge < -0.3 is 4.74 Å². The third-order valence-corrected chi connectivity index (χ3v) is 2.82. The van der Waals surface area contributed by atoms with Crippen molar-refractivity contribution >= 4 is 0 Å². The minimum absolute atomic E-state index is 0.689. The lowest BCUT2D eigenvalue weighted by atomic mass is 9.82. The average Bonchev–Trinajstić information content (AvgIpc) is 2.21. The molecule has 0 saturated heterocycles.